The number of rotatable bonds is 4. The largest absolute Gasteiger partial charge is 0.327 e. The predicted octanol–water partition coefficient (Wildman–Crippen LogP) is 2.50. The number of likely N-dealkylation sites (tertiary alicyclic amines) is 1. The summed E-state index contributed by atoms with van der Waals surface area (Å²) >= 11 is 0. The maximum Gasteiger partial charge on any atom is 0.225 e. The molecule has 1 unspecified atom stereocenters. The minimum Gasteiger partial charge on any atom is -0.327 e. The second-order valence-corrected chi connectivity index (χ2v) is 6.32. The van der Waals surface area contributed by atoms with E-state index >= 15 is 0 Å². The van der Waals surface area contributed by atoms with E-state index in [1.807, 2.05) is 30.3 Å². The van der Waals surface area contributed by atoms with Gasteiger partial charge in [-0.1, -0.05) is 32.0 Å². The number of amides is 1. The van der Waals surface area contributed by atoms with E-state index in [2.05, 4.69) is 24.1 Å². The molecule has 5 heteroatoms. The van der Waals surface area contributed by atoms with Crippen molar-refractivity contribution >= 4 is 24.0 Å². The maximum atomic E-state index is 11.9. The van der Waals surface area contributed by atoms with Crippen molar-refractivity contribution in [3.63, 3.8) is 0 Å². The summed E-state index contributed by atoms with van der Waals surface area (Å²) in [6.07, 6.45) is 1.54. The van der Waals surface area contributed by atoms with Crippen LogP contribution in [0.4, 0.5) is 5.69 Å². The van der Waals surface area contributed by atoms with Crippen LogP contribution in [0.3, 0.4) is 0 Å². The highest BCUT2D eigenvalue weighted by Crippen LogP contribution is 2.27. The first-order chi connectivity index (χ1) is 9.47. The highest BCUT2D eigenvalue weighted by Gasteiger charge is 2.33. The molecular formula is C16H26ClN3O. The third-order valence-electron chi connectivity index (χ3n) is 4.10. The first-order valence-electron chi connectivity index (χ1n) is 7.30. The Morgan fingerprint density at radius 3 is 2.67 bits per heavy atom. The van der Waals surface area contributed by atoms with E-state index in [1.54, 1.807) is 0 Å². The number of para-hydroxylation sites is 1. The zero-order chi connectivity index (χ0) is 14.6. The van der Waals surface area contributed by atoms with Crippen LogP contribution in [-0.4, -0.2) is 36.5 Å². The first kappa shape index (κ1) is 18.0. The van der Waals surface area contributed by atoms with Gasteiger partial charge in [-0.15, -0.1) is 12.4 Å². The van der Waals surface area contributed by atoms with Crippen LogP contribution in [0.5, 0.6) is 0 Å². The Balaban J connectivity index is 0.00000220. The Bertz CT molecular complexity index is 450. The number of benzene rings is 1. The number of hydrogen-bond donors (Lipinski definition) is 2. The molecule has 1 saturated heterocycles. The lowest BCUT2D eigenvalue weighted by molar-refractivity contribution is -0.116. The van der Waals surface area contributed by atoms with Gasteiger partial charge in [0.15, 0.2) is 0 Å². The number of nitrogens with zero attached hydrogens (tertiary/aromatic N) is 1. The topological polar surface area (TPSA) is 58.4 Å². The number of halogens is 1. The lowest BCUT2D eigenvalue weighted by Gasteiger charge is -2.42. The molecule has 0 spiro atoms. The zero-order valence-corrected chi connectivity index (χ0v) is 13.7. The van der Waals surface area contributed by atoms with Crippen molar-refractivity contribution in [1.82, 2.24) is 4.90 Å². The quantitative estimate of drug-likeness (QED) is 0.898. The summed E-state index contributed by atoms with van der Waals surface area (Å²) in [6.45, 7) is 7.16. The molecule has 0 radical (unpaired) electrons. The highest BCUT2D eigenvalue weighted by atomic mass is 35.5. The van der Waals surface area contributed by atoms with Crippen molar-refractivity contribution in [3.8, 4) is 0 Å². The van der Waals surface area contributed by atoms with Crippen LogP contribution >= 0.6 is 12.4 Å². The smallest absolute Gasteiger partial charge is 0.225 e. The van der Waals surface area contributed by atoms with Gasteiger partial charge < -0.3 is 16.0 Å². The number of hydrogen-bond acceptors (Lipinski definition) is 3. The summed E-state index contributed by atoms with van der Waals surface area (Å²) in [5.74, 6) is 0.0730. The number of nitrogens with one attached hydrogen (secondary N) is 1. The highest BCUT2D eigenvalue weighted by molar-refractivity contribution is 5.90. The molecule has 0 bridgehead atoms. The molecule has 1 aromatic rings. The molecule has 2 rings (SSSR count). The van der Waals surface area contributed by atoms with Crippen molar-refractivity contribution in [1.29, 1.82) is 0 Å². The van der Waals surface area contributed by atoms with Crippen molar-refractivity contribution in [2.24, 2.45) is 11.1 Å². The van der Waals surface area contributed by atoms with Gasteiger partial charge >= 0.3 is 0 Å². The van der Waals surface area contributed by atoms with Crippen molar-refractivity contribution < 1.29 is 4.79 Å². The Hall–Kier alpha value is -1.10. The fraction of sp³-hybridized carbons (Fsp3) is 0.562. The standard InChI is InChI=1S/C16H25N3O.ClH/c1-16(2)12-19(10-8-14(16)17)11-9-15(20)18-13-6-4-3-5-7-13;/h3-7,14H,8-12,17H2,1-2H3,(H,18,20);1H. The Labute approximate surface area is 133 Å². The number of anilines is 1. The van der Waals surface area contributed by atoms with Crippen LogP contribution in [0.25, 0.3) is 0 Å². The molecule has 1 atom stereocenters. The Kier molecular flexibility index (Phi) is 6.65. The normalized spacial score (nSPS) is 21.4. The molecule has 3 N–H and O–H groups in total. The van der Waals surface area contributed by atoms with Crippen molar-refractivity contribution in [2.45, 2.75) is 32.7 Å². The van der Waals surface area contributed by atoms with Crippen LogP contribution in [0.1, 0.15) is 26.7 Å². The monoisotopic (exact) mass is 311 g/mol. The van der Waals surface area contributed by atoms with Gasteiger partial charge in [-0.25, -0.2) is 0 Å². The second-order valence-electron chi connectivity index (χ2n) is 6.32. The van der Waals surface area contributed by atoms with Crippen LogP contribution in [0.15, 0.2) is 30.3 Å². The molecule has 1 fully saturated rings. The average molecular weight is 312 g/mol. The molecule has 0 saturated carbocycles. The SMILES string of the molecule is CC1(C)CN(CCC(=O)Nc2ccccc2)CCC1N.Cl. The minimum absolute atomic E-state index is 0. The molecule has 1 amide bonds. The Morgan fingerprint density at radius 1 is 1.38 bits per heavy atom. The fourth-order valence-corrected chi connectivity index (χ4v) is 2.68. The molecule has 0 aromatic heterocycles. The van der Waals surface area contributed by atoms with Gasteiger partial charge in [0.2, 0.25) is 5.91 Å². The van der Waals surface area contributed by atoms with Gasteiger partial charge in [0.1, 0.15) is 0 Å². The Morgan fingerprint density at radius 2 is 2.05 bits per heavy atom. The molecule has 4 nitrogen and oxygen atoms in total. The summed E-state index contributed by atoms with van der Waals surface area (Å²) in [5, 5.41) is 2.92. The number of nitrogens with two attached hydrogens (primary N) is 1. The molecule has 1 aliphatic rings. The van der Waals surface area contributed by atoms with E-state index in [0.717, 1.165) is 31.7 Å². The third kappa shape index (κ3) is 5.30. The fourth-order valence-electron chi connectivity index (χ4n) is 2.68. The number of carbonyl (C=O) groups excluding carboxylic acids is 1. The van der Waals surface area contributed by atoms with E-state index in [0.29, 0.717) is 6.42 Å². The first-order valence-corrected chi connectivity index (χ1v) is 7.30. The van der Waals surface area contributed by atoms with Gasteiger partial charge in [0.25, 0.3) is 0 Å². The third-order valence-corrected chi connectivity index (χ3v) is 4.10. The summed E-state index contributed by atoms with van der Waals surface area (Å²) < 4.78 is 0. The van der Waals surface area contributed by atoms with Gasteiger partial charge in [-0.2, -0.15) is 0 Å². The molecule has 1 aromatic carbocycles. The lowest BCUT2D eigenvalue weighted by Crippen LogP contribution is -2.52. The lowest BCUT2D eigenvalue weighted by atomic mass is 9.80. The summed E-state index contributed by atoms with van der Waals surface area (Å²) in [5.41, 5.74) is 7.12. The number of piperidine rings is 1. The summed E-state index contributed by atoms with van der Waals surface area (Å²) in [4.78, 5) is 14.3. The van der Waals surface area contributed by atoms with Gasteiger partial charge in [-0.3, -0.25) is 4.79 Å². The van der Waals surface area contributed by atoms with E-state index in [-0.39, 0.29) is 29.8 Å². The molecule has 1 heterocycles. The van der Waals surface area contributed by atoms with E-state index in [1.165, 1.54) is 0 Å². The van der Waals surface area contributed by atoms with Crippen LogP contribution in [0, 0.1) is 5.41 Å². The molecule has 0 aliphatic carbocycles. The van der Waals surface area contributed by atoms with Crippen molar-refractivity contribution in [3.05, 3.63) is 30.3 Å². The molecule has 118 valence electrons. The van der Waals surface area contributed by atoms with E-state index in [4.69, 9.17) is 5.73 Å². The van der Waals surface area contributed by atoms with E-state index in [9.17, 15) is 4.79 Å². The van der Waals surface area contributed by atoms with Crippen molar-refractivity contribution in [2.75, 3.05) is 25.0 Å². The van der Waals surface area contributed by atoms with Crippen LogP contribution < -0.4 is 11.1 Å². The zero-order valence-electron chi connectivity index (χ0n) is 12.8. The van der Waals surface area contributed by atoms with Gasteiger partial charge in [0, 0.05) is 31.2 Å². The average Bonchev–Trinajstić information content (AvgIpc) is 2.41. The molecular weight excluding hydrogens is 286 g/mol. The predicted molar refractivity (Wildman–Crippen MR) is 89.8 cm³/mol. The maximum absolute atomic E-state index is 11.9. The van der Waals surface area contributed by atoms with Crippen LogP contribution in [0.2, 0.25) is 0 Å². The number of carbonyl (C=O) groups is 1. The second kappa shape index (κ2) is 7.78. The molecule has 1 aliphatic heterocycles. The van der Waals surface area contributed by atoms with Gasteiger partial charge in [-0.05, 0) is 30.5 Å². The van der Waals surface area contributed by atoms with Crippen LogP contribution in [-0.2, 0) is 4.79 Å². The minimum atomic E-state index is 0. The van der Waals surface area contributed by atoms with E-state index < -0.39 is 0 Å². The summed E-state index contributed by atoms with van der Waals surface area (Å²) in [7, 11) is 0. The molecule has 21 heavy (non-hydrogen) atoms. The van der Waals surface area contributed by atoms with Gasteiger partial charge in [0.05, 0.1) is 0 Å². The summed E-state index contributed by atoms with van der Waals surface area (Å²) in [6, 6.07) is 9.85.